The van der Waals surface area contributed by atoms with Crippen molar-refractivity contribution >= 4 is 5.69 Å². The van der Waals surface area contributed by atoms with Crippen molar-refractivity contribution in [3.8, 4) is 11.8 Å². The van der Waals surface area contributed by atoms with Crippen LogP contribution in [0.3, 0.4) is 0 Å². The van der Waals surface area contributed by atoms with Crippen molar-refractivity contribution < 1.29 is 4.74 Å². The summed E-state index contributed by atoms with van der Waals surface area (Å²) in [7, 11) is 0. The van der Waals surface area contributed by atoms with E-state index in [2.05, 4.69) is 60.4 Å². The van der Waals surface area contributed by atoms with Crippen molar-refractivity contribution in [1.82, 2.24) is 0 Å². The Kier molecular flexibility index (Phi) is 4.30. The molecule has 2 aromatic carbocycles. The lowest BCUT2D eigenvalue weighted by Crippen LogP contribution is -2.29. The monoisotopic (exact) mass is 345 g/mol. The van der Waals surface area contributed by atoms with Gasteiger partial charge in [0.1, 0.15) is 17.4 Å². The van der Waals surface area contributed by atoms with Gasteiger partial charge in [0.05, 0.1) is 5.92 Å². The minimum absolute atomic E-state index is 0.181. The molecule has 1 atom stereocenters. The number of rotatable bonds is 2. The molecule has 26 heavy (non-hydrogen) atoms. The van der Waals surface area contributed by atoms with Crippen LogP contribution in [0.4, 0.5) is 5.69 Å². The summed E-state index contributed by atoms with van der Waals surface area (Å²) in [6, 6.07) is 16.8. The van der Waals surface area contributed by atoms with E-state index in [1.807, 2.05) is 0 Å². The molecule has 2 aromatic rings. The molecule has 0 spiro atoms. The first-order valence-corrected chi connectivity index (χ1v) is 9.20. The number of nitriles is 1. The molecule has 4 nitrogen and oxygen atoms in total. The molecular weight excluding hydrogens is 322 g/mol. The van der Waals surface area contributed by atoms with Crippen molar-refractivity contribution in [1.29, 1.82) is 5.26 Å². The van der Waals surface area contributed by atoms with E-state index >= 15 is 0 Å². The molecule has 2 aliphatic heterocycles. The molecule has 0 aromatic heterocycles. The van der Waals surface area contributed by atoms with Crippen molar-refractivity contribution in [2.24, 2.45) is 5.73 Å². The van der Waals surface area contributed by atoms with Crippen molar-refractivity contribution in [3.05, 3.63) is 70.6 Å². The summed E-state index contributed by atoms with van der Waals surface area (Å²) in [6.07, 6.45) is 3.75. The van der Waals surface area contributed by atoms with E-state index in [1.54, 1.807) is 0 Å². The average Bonchev–Trinajstić information content (AvgIpc) is 2.68. The molecule has 4 heteroatoms. The first-order valence-electron chi connectivity index (χ1n) is 9.20. The third-order valence-corrected chi connectivity index (χ3v) is 5.33. The Hall–Kier alpha value is -2.93. The number of nitrogens with two attached hydrogens (primary N) is 1. The van der Waals surface area contributed by atoms with Gasteiger partial charge in [-0.2, -0.15) is 5.26 Å². The normalized spacial score (nSPS) is 19.5. The van der Waals surface area contributed by atoms with Crippen molar-refractivity contribution in [3.63, 3.8) is 0 Å². The molecule has 0 aliphatic carbocycles. The highest BCUT2D eigenvalue weighted by Gasteiger charge is 2.31. The molecule has 2 aliphatic rings. The minimum atomic E-state index is -0.181. The number of aryl methyl sites for hydroxylation is 1. The van der Waals surface area contributed by atoms with Crippen LogP contribution in [0.5, 0.6) is 5.75 Å². The summed E-state index contributed by atoms with van der Waals surface area (Å²) < 4.78 is 5.85. The van der Waals surface area contributed by atoms with E-state index in [-0.39, 0.29) is 11.8 Å². The Morgan fingerprint density at radius 3 is 2.50 bits per heavy atom. The molecule has 132 valence electrons. The van der Waals surface area contributed by atoms with E-state index in [0.29, 0.717) is 5.57 Å². The summed E-state index contributed by atoms with van der Waals surface area (Å²) in [5, 5.41) is 9.66. The van der Waals surface area contributed by atoms with E-state index < -0.39 is 0 Å². The van der Waals surface area contributed by atoms with Crippen LogP contribution in [0.1, 0.15) is 41.9 Å². The van der Waals surface area contributed by atoms with Gasteiger partial charge in [0.25, 0.3) is 0 Å². The molecule has 0 radical (unpaired) electrons. The first-order chi connectivity index (χ1) is 12.7. The zero-order valence-corrected chi connectivity index (χ0v) is 15.0. The Bertz CT molecular complexity index is 887. The maximum atomic E-state index is 9.66. The number of hydrogen-bond acceptors (Lipinski definition) is 4. The smallest absolute Gasteiger partial charge is 0.205 e. The molecule has 2 N–H and O–H groups in total. The third kappa shape index (κ3) is 2.90. The number of benzene rings is 2. The SMILES string of the molecule is Cc1ccc(C2C(C#N)=C(N)Oc3cc(N4CCCCC4)ccc32)cc1. The topological polar surface area (TPSA) is 62.3 Å². The Morgan fingerprint density at radius 2 is 1.81 bits per heavy atom. The van der Waals surface area contributed by atoms with E-state index in [0.717, 1.165) is 30.0 Å². The number of anilines is 1. The molecule has 1 saturated heterocycles. The van der Waals surface area contributed by atoms with Crippen LogP contribution in [0.2, 0.25) is 0 Å². The molecule has 1 fully saturated rings. The van der Waals surface area contributed by atoms with Crippen LogP contribution in [-0.4, -0.2) is 13.1 Å². The molecule has 1 unspecified atom stereocenters. The minimum Gasteiger partial charge on any atom is -0.440 e. The Balaban J connectivity index is 1.77. The van der Waals surface area contributed by atoms with E-state index in [4.69, 9.17) is 10.5 Å². The van der Waals surface area contributed by atoms with Crippen molar-refractivity contribution in [2.45, 2.75) is 32.1 Å². The average molecular weight is 345 g/mol. The summed E-state index contributed by atoms with van der Waals surface area (Å²) in [5.41, 5.74) is 11.0. The van der Waals surface area contributed by atoms with Gasteiger partial charge in [0, 0.05) is 30.4 Å². The summed E-state index contributed by atoms with van der Waals surface area (Å²) in [5.74, 6) is 0.788. The maximum absolute atomic E-state index is 9.66. The first kappa shape index (κ1) is 16.5. The number of fused-ring (bicyclic) bond motifs is 1. The summed E-state index contributed by atoms with van der Waals surface area (Å²) in [4.78, 5) is 2.40. The molecule has 0 bridgehead atoms. The van der Waals surface area contributed by atoms with Gasteiger partial charge in [-0.15, -0.1) is 0 Å². The van der Waals surface area contributed by atoms with E-state index in [1.165, 1.54) is 30.5 Å². The highest BCUT2D eigenvalue weighted by atomic mass is 16.5. The predicted octanol–water partition coefficient (Wildman–Crippen LogP) is 4.20. The number of hydrogen-bond donors (Lipinski definition) is 1. The summed E-state index contributed by atoms with van der Waals surface area (Å²) in [6.45, 7) is 4.21. The Labute approximate surface area is 154 Å². The largest absolute Gasteiger partial charge is 0.440 e. The number of allylic oxidation sites excluding steroid dienone is 1. The second-order valence-corrected chi connectivity index (χ2v) is 7.11. The van der Waals surface area contributed by atoms with Crippen LogP contribution in [0.25, 0.3) is 0 Å². The molecule has 4 rings (SSSR count). The third-order valence-electron chi connectivity index (χ3n) is 5.33. The fourth-order valence-corrected chi connectivity index (χ4v) is 3.89. The molecular formula is C22H23N3O. The van der Waals surface area contributed by atoms with E-state index in [9.17, 15) is 5.26 Å². The van der Waals surface area contributed by atoms with Gasteiger partial charge in [-0.05, 0) is 37.8 Å². The lowest BCUT2D eigenvalue weighted by atomic mass is 9.83. The fourth-order valence-electron chi connectivity index (χ4n) is 3.89. The number of nitrogens with zero attached hydrogens (tertiary/aromatic N) is 2. The Morgan fingerprint density at radius 1 is 1.08 bits per heavy atom. The molecule has 0 amide bonds. The van der Waals surface area contributed by atoms with Gasteiger partial charge in [-0.3, -0.25) is 0 Å². The van der Waals surface area contributed by atoms with Gasteiger partial charge in [0.15, 0.2) is 0 Å². The van der Waals surface area contributed by atoms with Gasteiger partial charge in [-0.25, -0.2) is 0 Å². The van der Waals surface area contributed by atoms with Gasteiger partial charge >= 0.3 is 0 Å². The predicted molar refractivity (Wildman–Crippen MR) is 103 cm³/mol. The fraction of sp³-hybridized carbons (Fsp3) is 0.318. The number of ether oxygens (including phenoxy) is 1. The lowest BCUT2D eigenvalue weighted by Gasteiger charge is -2.31. The van der Waals surface area contributed by atoms with Crippen molar-refractivity contribution in [2.75, 3.05) is 18.0 Å². The zero-order chi connectivity index (χ0) is 18.1. The van der Waals surface area contributed by atoms with Gasteiger partial charge < -0.3 is 15.4 Å². The highest BCUT2D eigenvalue weighted by molar-refractivity contribution is 5.61. The van der Waals surface area contributed by atoms with Gasteiger partial charge in [0.2, 0.25) is 5.88 Å². The standard InChI is InChI=1S/C22H23N3O/c1-15-5-7-16(8-6-15)21-18-10-9-17(25-11-3-2-4-12-25)13-20(18)26-22(24)19(21)14-23/h5-10,13,21H,2-4,11-12,24H2,1H3. The molecule has 0 saturated carbocycles. The molecule has 2 heterocycles. The van der Waals surface area contributed by atoms with Crippen LogP contribution < -0.4 is 15.4 Å². The van der Waals surface area contributed by atoms with Crippen LogP contribution >= 0.6 is 0 Å². The van der Waals surface area contributed by atoms with Gasteiger partial charge in [-0.1, -0.05) is 35.9 Å². The second-order valence-electron chi connectivity index (χ2n) is 7.11. The second kappa shape index (κ2) is 6.76. The van der Waals surface area contributed by atoms with Crippen LogP contribution in [0, 0.1) is 18.3 Å². The van der Waals surface area contributed by atoms with Crippen LogP contribution in [0.15, 0.2) is 53.9 Å². The summed E-state index contributed by atoms with van der Waals surface area (Å²) >= 11 is 0. The quantitative estimate of drug-likeness (QED) is 0.886. The zero-order valence-electron chi connectivity index (χ0n) is 15.0. The van der Waals surface area contributed by atoms with Crippen LogP contribution in [-0.2, 0) is 0 Å². The highest BCUT2D eigenvalue weighted by Crippen LogP contribution is 2.43. The number of piperidine rings is 1. The lowest BCUT2D eigenvalue weighted by molar-refractivity contribution is 0.393. The maximum Gasteiger partial charge on any atom is 0.205 e.